The summed E-state index contributed by atoms with van der Waals surface area (Å²) in [5.74, 6) is 1.56. The first-order valence-electron chi connectivity index (χ1n) is 20.3. The molecular formula is C49H58O4. The van der Waals surface area contributed by atoms with Crippen molar-refractivity contribution in [1.29, 1.82) is 0 Å². The Balaban J connectivity index is 1.22. The van der Waals surface area contributed by atoms with Gasteiger partial charge in [0.25, 0.3) is 0 Å². The van der Waals surface area contributed by atoms with Crippen molar-refractivity contribution in [3.05, 3.63) is 155 Å². The number of rotatable bonds is 12. The normalized spacial score (nSPS) is 34.3. The molecule has 4 unspecified atom stereocenters. The highest BCUT2D eigenvalue weighted by atomic mass is 16.6. The summed E-state index contributed by atoms with van der Waals surface area (Å²) in [6.07, 6.45) is 8.94. The van der Waals surface area contributed by atoms with E-state index in [1.807, 2.05) is 0 Å². The van der Waals surface area contributed by atoms with Crippen LogP contribution in [-0.2, 0) is 45.4 Å². The van der Waals surface area contributed by atoms with Crippen LogP contribution in [0.1, 0.15) is 81.5 Å². The first-order chi connectivity index (χ1) is 26.0. The summed E-state index contributed by atoms with van der Waals surface area (Å²) in [7, 11) is 0. The summed E-state index contributed by atoms with van der Waals surface area (Å²) in [4.78, 5) is 0. The zero-order valence-electron chi connectivity index (χ0n) is 31.9. The van der Waals surface area contributed by atoms with E-state index < -0.39 is 0 Å². The van der Waals surface area contributed by atoms with E-state index >= 15 is 0 Å². The van der Waals surface area contributed by atoms with Crippen LogP contribution < -0.4 is 0 Å². The summed E-state index contributed by atoms with van der Waals surface area (Å²) in [6.45, 7) is 9.66. The Labute approximate surface area is 317 Å². The van der Waals surface area contributed by atoms with Crippen molar-refractivity contribution in [2.45, 2.75) is 110 Å². The lowest BCUT2D eigenvalue weighted by Crippen LogP contribution is -2.68. The van der Waals surface area contributed by atoms with Crippen molar-refractivity contribution >= 4 is 0 Å². The minimum atomic E-state index is -0.161. The number of benzene rings is 4. The van der Waals surface area contributed by atoms with Gasteiger partial charge in [0.15, 0.2) is 0 Å². The SMILES string of the molecule is CC=C1CCC2C3C(CC[C@]12C)[C@@]1(C)CC[C@@H](OCc2ccccc2)[C@H](OCc2ccccc2)C1[C@@H](OCc1ccccc1)[C@@H]3OCc1ccccc1. The highest BCUT2D eigenvalue weighted by Crippen LogP contribution is 2.68. The van der Waals surface area contributed by atoms with Crippen LogP contribution in [0.3, 0.4) is 0 Å². The molecule has 0 N–H and O–H groups in total. The fourth-order valence-corrected chi connectivity index (χ4v) is 11.4. The Morgan fingerprint density at radius 1 is 0.528 bits per heavy atom. The summed E-state index contributed by atoms with van der Waals surface area (Å²) in [5, 5.41) is 0. The van der Waals surface area contributed by atoms with Crippen molar-refractivity contribution in [3.63, 3.8) is 0 Å². The third-order valence-electron chi connectivity index (χ3n) is 14.0. The van der Waals surface area contributed by atoms with E-state index in [4.69, 9.17) is 18.9 Å². The molecule has 4 fully saturated rings. The number of hydrogen-bond donors (Lipinski definition) is 0. The van der Waals surface area contributed by atoms with Gasteiger partial charge in [-0.15, -0.1) is 0 Å². The molecular weight excluding hydrogens is 653 g/mol. The molecule has 53 heavy (non-hydrogen) atoms. The second kappa shape index (κ2) is 16.1. The van der Waals surface area contributed by atoms with Crippen LogP contribution >= 0.6 is 0 Å². The van der Waals surface area contributed by atoms with Crippen LogP contribution in [-0.4, -0.2) is 24.4 Å². The molecule has 8 rings (SSSR count). The largest absolute Gasteiger partial charge is 0.371 e. The van der Waals surface area contributed by atoms with E-state index in [1.165, 1.54) is 47.9 Å². The highest BCUT2D eigenvalue weighted by molar-refractivity contribution is 5.26. The summed E-state index contributed by atoms with van der Waals surface area (Å²) < 4.78 is 29.0. The van der Waals surface area contributed by atoms with Gasteiger partial charge in [-0.3, -0.25) is 0 Å². The second-order valence-electron chi connectivity index (χ2n) is 16.8. The maximum atomic E-state index is 7.41. The van der Waals surface area contributed by atoms with E-state index in [0.717, 1.165) is 12.8 Å². The Morgan fingerprint density at radius 3 is 1.51 bits per heavy atom. The van der Waals surface area contributed by atoms with Gasteiger partial charge >= 0.3 is 0 Å². The van der Waals surface area contributed by atoms with Crippen LogP contribution in [0.4, 0.5) is 0 Å². The molecule has 0 amide bonds. The number of ether oxygens (including phenoxy) is 4. The molecule has 4 aromatic rings. The Morgan fingerprint density at radius 2 is 1.00 bits per heavy atom. The molecule has 4 saturated carbocycles. The van der Waals surface area contributed by atoms with Crippen molar-refractivity contribution in [1.82, 2.24) is 0 Å². The van der Waals surface area contributed by atoms with E-state index in [1.54, 1.807) is 5.57 Å². The van der Waals surface area contributed by atoms with Gasteiger partial charge in [0.2, 0.25) is 0 Å². The molecule has 0 radical (unpaired) electrons. The molecule has 4 aromatic carbocycles. The second-order valence-corrected chi connectivity index (χ2v) is 16.8. The molecule has 0 bridgehead atoms. The van der Waals surface area contributed by atoms with E-state index in [9.17, 15) is 0 Å². The van der Waals surface area contributed by atoms with Gasteiger partial charge in [-0.25, -0.2) is 0 Å². The average Bonchev–Trinajstić information content (AvgIpc) is 3.55. The smallest absolute Gasteiger partial charge is 0.0903 e. The standard InChI is InChI=1S/C49H58O4/c1-4-39-25-26-40-43-41(27-29-48(39,40)2)49(3)30-28-42(50-31-35-17-9-5-10-18-35)45(51-32-36-19-11-6-12-20-36)44(49)47(53-34-38-23-15-8-16-24-38)46(43)52-33-37-21-13-7-14-22-37/h4-24,40-47H,25-34H2,1-3H3/t40?,41?,42-,43?,44?,45+,46-,47-,48-,49-/m1/s1. The van der Waals surface area contributed by atoms with Gasteiger partial charge < -0.3 is 18.9 Å². The highest BCUT2D eigenvalue weighted by Gasteiger charge is 2.67. The fraction of sp³-hybridized carbons (Fsp3) is 0.469. The quantitative estimate of drug-likeness (QED) is 0.137. The van der Waals surface area contributed by atoms with Crippen LogP contribution in [0.15, 0.2) is 133 Å². The molecule has 10 atom stereocenters. The summed E-state index contributed by atoms with van der Waals surface area (Å²) in [5.41, 5.74) is 6.65. The van der Waals surface area contributed by atoms with Gasteiger partial charge in [-0.05, 0) is 96.3 Å². The van der Waals surface area contributed by atoms with Crippen molar-refractivity contribution in [3.8, 4) is 0 Å². The Bertz CT molecular complexity index is 1780. The van der Waals surface area contributed by atoms with Crippen molar-refractivity contribution in [2.75, 3.05) is 0 Å². The number of fused-ring (bicyclic) bond motifs is 5. The van der Waals surface area contributed by atoms with E-state index in [-0.39, 0.29) is 41.2 Å². The number of hydrogen-bond acceptors (Lipinski definition) is 4. The summed E-state index contributed by atoms with van der Waals surface area (Å²) >= 11 is 0. The van der Waals surface area contributed by atoms with Crippen molar-refractivity contribution in [2.24, 2.45) is 34.5 Å². The molecule has 4 aliphatic carbocycles. The van der Waals surface area contributed by atoms with Gasteiger partial charge in [0.1, 0.15) is 0 Å². The van der Waals surface area contributed by atoms with Gasteiger partial charge in [0.05, 0.1) is 50.8 Å². The monoisotopic (exact) mass is 710 g/mol. The zero-order chi connectivity index (χ0) is 36.3. The molecule has 4 heteroatoms. The third kappa shape index (κ3) is 7.33. The molecule has 0 heterocycles. The molecule has 0 aromatic heterocycles. The molecule has 4 nitrogen and oxygen atoms in total. The fourth-order valence-electron chi connectivity index (χ4n) is 11.4. The molecule has 0 aliphatic heterocycles. The molecule has 278 valence electrons. The number of allylic oxidation sites excluding steroid dienone is 2. The summed E-state index contributed by atoms with van der Waals surface area (Å²) in [6, 6.07) is 42.7. The van der Waals surface area contributed by atoms with Gasteiger partial charge in [-0.2, -0.15) is 0 Å². The lowest BCUT2D eigenvalue weighted by molar-refractivity contribution is -0.284. The first-order valence-corrected chi connectivity index (χ1v) is 20.3. The predicted molar refractivity (Wildman–Crippen MR) is 212 cm³/mol. The molecule has 0 spiro atoms. The average molecular weight is 711 g/mol. The first kappa shape index (κ1) is 36.4. The minimum Gasteiger partial charge on any atom is -0.371 e. The maximum absolute atomic E-state index is 7.41. The topological polar surface area (TPSA) is 36.9 Å². The van der Waals surface area contributed by atoms with Gasteiger partial charge in [0, 0.05) is 5.92 Å². The van der Waals surface area contributed by atoms with Crippen LogP contribution in [0.25, 0.3) is 0 Å². The third-order valence-corrected chi connectivity index (χ3v) is 14.0. The van der Waals surface area contributed by atoms with Crippen LogP contribution in [0, 0.1) is 34.5 Å². The van der Waals surface area contributed by atoms with Crippen LogP contribution in [0.2, 0.25) is 0 Å². The lowest BCUT2D eigenvalue weighted by Gasteiger charge is -2.66. The molecule has 0 saturated heterocycles. The Hall–Kier alpha value is -3.54. The van der Waals surface area contributed by atoms with Crippen molar-refractivity contribution < 1.29 is 18.9 Å². The van der Waals surface area contributed by atoms with Crippen LogP contribution in [0.5, 0.6) is 0 Å². The molecule has 4 aliphatic rings. The van der Waals surface area contributed by atoms with E-state index in [0.29, 0.717) is 44.2 Å². The predicted octanol–water partition coefficient (Wildman–Crippen LogP) is 11.1. The Kier molecular flexibility index (Phi) is 11.0. The van der Waals surface area contributed by atoms with E-state index in [2.05, 4.69) is 148 Å². The zero-order valence-corrected chi connectivity index (χ0v) is 31.9. The lowest BCUT2D eigenvalue weighted by atomic mass is 9.43. The van der Waals surface area contributed by atoms with Gasteiger partial charge in [-0.1, -0.05) is 147 Å². The maximum Gasteiger partial charge on any atom is 0.0903 e. The minimum absolute atomic E-state index is 0.00655.